The second-order valence-electron chi connectivity index (χ2n) is 11.6. The molecule has 3 N–H and O–H groups in total. The summed E-state index contributed by atoms with van der Waals surface area (Å²) in [5.41, 5.74) is 1.79. The van der Waals surface area contributed by atoms with E-state index in [-0.39, 0.29) is 17.6 Å². The van der Waals surface area contributed by atoms with Gasteiger partial charge < -0.3 is 15.3 Å². The fourth-order valence-corrected chi connectivity index (χ4v) is 9.07. The summed E-state index contributed by atoms with van der Waals surface area (Å²) in [6.07, 6.45) is 11.6. The van der Waals surface area contributed by atoms with Crippen LogP contribution in [-0.4, -0.2) is 34.1 Å². The molecule has 29 heavy (non-hydrogen) atoms. The minimum atomic E-state index is -0.329. The molecule has 3 nitrogen and oxygen atoms in total. The fourth-order valence-electron chi connectivity index (χ4n) is 9.07. The van der Waals surface area contributed by atoms with Crippen LogP contribution in [0.3, 0.4) is 0 Å². The van der Waals surface area contributed by atoms with Crippen LogP contribution in [0.4, 0.5) is 0 Å². The van der Waals surface area contributed by atoms with E-state index < -0.39 is 0 Å². The van der Waals surface area contributed by atoms with Crippen LogP contribution in [0.5, 0.6) is 0 Å². The van der Waals surface area contributed by atoms with E-state index in [2.05, 4.69) is 33.8 Å². The predicted octanol–water partition coefficient (Wildman–Crippen LogP) is 4.94. The van der Waals surface area contributed by atoms with Gasteiger partial charge in [0.25, 0.3) is 0 Å². The third-order valence-corrected chi connectivity index (χ3v) is 10.5. The molecule has 0 amide bonds. The number of fused-ring (bicyclic) bond motifs is 5. The second-order valence-corrected chi connectivity index (χ2v) is 11.6. The number of rotatable bonds is 4. The Morgan fingerprint density at radius 2 is 1.72 bits per heavy atom. The maximum atomic E-state index is 11.6. The van der Waals surface area contributed by atoms with Gasteiger partial charge in [0.15, 0.2) is 0 Å². The lowest BCUT2D eigenvalue weighted by Gasteiger charge is -2.63. The molecule has 4 aliphatic rings. The first-order valence-corrected chi connectivity index (χ1v) is 12.4. The maximum Gasteiger partial charge on any atom is 0.0786 e. The van der Waals surface area contributed by atoms with Gasteiger partial charge in [-0.25, -0.2) is 0 Å². The van der Waals surface area contributed by atoms with Crippen LogP contribution in [0.1, 0.15) is 85.5 Å². The largest absolute Gasteiger partial charge is 0.396 e. The van der Waals surface area contributed by atoms with Gasteiger partial charge in [0.2, 0.25) is 0 Å². The van der Waals surface area contributed by atoms with Crippen molar-refractivity contribution in [1.29, 1.82) is 0 Å². The SMILES string of the molecule is CC=C1C(O)C2C(CCC3(C)C(C(C)CCCO)CCC23)C2(C)CCC(O)CC12. The molecule has 3 heteroatoms. The predicted molar refractivity (Wildman–Crippen MR) is 117 cm³/mol. The lowest BCUT2D eigenvalue weighted by Crippen LogP contribution is -2.59. The van der Waals surface area contributed by atoms with E-state index in [0.29, 0.717) is 41.6 Å². The van der Waals surface area contributed by atoms with Crippen LogP contribution in [0.2, 0.25) is 0 Å². The summed E-state index contributed by atoms with van der Waals surface area (Å²) >= 11 is 0. The fraction of sp³-hybridized carbons (Fsp3) is 0.923. The minimum absolute atomic E-state index is 0.205. The summed E-state index contributed by atoms with van der Waals surface area (Å²) in [4.78, 5) is 0. The van der Waals surface area contributed by atoms with Crippen molar-refractivity contribution in [3.8, 4) is 0 Å². The van der Waals surface area contributed by atoms with Gasteiger partial charge in [0, 0.05) is 6.61 Å². The van der Waals surface area contributed by atoms with Crippen molar-refractivity contribution in [3.05, 3.63) is 11.6 Å². The van der Waals surface area contributed by atoms with Crippen molar-refractivity contribution >= 4 is 0 Å². The zero-order valence-corrected chi connectivity index (χ0v) is 19.1. The molecule has 0 heterocycles. The van der Waals surface area contributed by atoms with Crippen molar-refractivity contribution in [3.63, 3.8) is 0 Å². The highest BCUT2D eigenvalue weighted by atomic mass is 16.3. The molecule has 0 saturated heterocycles. The Labute approximate surface area is 178 Å². The molecule has 0 spiro atoms. The van der Waals surface area contributed by atoms with Gasteiger partial charge >= 0.3 is 0 Å². The molecule has 0 aromatic carbocycles. The molecule has 10 atom stereocenters. The van der Waals surface area contributed by atoms with E-state index in [1.165, 1.54) is 31.3 Å². The van der Waals surface area contributed by atoms with E-state index in [1.807, 2.05) is 0 Å². The summed E-state index contributed by atoms with van der Waals surface area (Å²) < 4.78 is 0. The van der Waals surface area contributed by atoms with Crippen LogP contribution in [0.25, 0.3) is 0 Å². The average molecular weight is 405 g/mol. The Kier molecular flexibility index (Phi) is 5.99. The highest BCUT2D eigenvalue weighted by Gasteiger charge is 2.63. The lowest BCUT2D eigenvalue weighted by atomic mass is 9.42. The molecule has 4 aliphatic carbocycles. The molecule has 166 valence electrons. The summed E-state index contributed by atoms with van der Waals surface area (Å²) in [6, 6.07) is 0. The van der Waals surface area contributed by atoms with Gasteiger partial charge in [-0.2, -0.15) is 0 Å². The van der Waals surface area contributed by atoms with E-state index in [1.54, 1.807) is 0 Å². The summed E-state index contributed by atoms with van der Waals surface area (Å²) in [6.45, 7) is 9.81. The van der Waals surface area contributed by atoms with Gasteiger partial charge in [-0.1, -0.05) is 26.8 Å². The number of allylic oxidation sites excluding steroid dienone is 1. The smallest absolute Gasteiger partial charge is 0.0786 e. The van der Waals surface area contributed by atoms with Crippen LogP contribution < -0.4 is 0 Å². The molecular formula is C26H44O3. The monoisotopic (exact) mass is 404 g/mol. The zero-order chi connectivity index (χ0) is 21.0. The Bertz CT molecular complexity index is 629. The van der Waals surface area contributed by atoms with Gasteiger partial charge in [-0.15, -0.1) is 0 Å². The number of aliphatic hydroxyl groups excluding tert-OH is 3. The Morgan fingerprint density at radius 3 is 2.41 bits per heavy atom. The molecule has 10 unspecified atom stereocenters. The normalized spacial score (nSPS) is 52.0. The third-order valence-electron chi connectivity index (χ3n) is 10.5. The summed E-state index contributed by atoms with van der Waals surface area (Å²) in [7, 11) is 0. The summed E-state index contributed by atoms with van der Waals surface area (Å²) in [5.74, 6) is 3.30. The molecule has 4 fully saturated rings. The zero-order valence-electron chi connectivity index (χ0n) is 19.1. The molecule has 4 saturated carbocycles. The van der Waals surface area contributed by atoms with E-state index in [0.717, 1.165) is 38.0 Å². The first kappa shape index (κ1) is 21.8. The molecule has 0 aliphatic heterocycles. The highest BCUT2D eigenvalue weighted by molar-refractivity contribution is 5.26. The molecule has 0 radical (unpaired) electrons. The van der Waals surface area contributed by atoms with Crippen LogP contribution in [-0.2, 0) is 0 Å². The first-order valence-electron chi connectivity index (χ1n) is 12.4. The lowest BCUT2D eigenvalue weighted by molar-refractivity contribution is -0.147. The highest BCUT2D eigenvalue weighted by Crippen LogP contribution is 2.69. The van der Waals surface area contributed by atoms with Gasteiger partial charge in [0.1, 0.15) is 0 Å². The van der Waals surface area contributed by atoms with Crippen LogP contribution in [0, 0.1) is 46.3 Å². The Balaban J connectivity index is 1.65. The van der Waals surface area contributed by atoms with E-state index in [4.69, 9.17) is 0 Å². The molecule has 0 aromatic rings. The first-order chi connectivity index (χ1) is 13.8. The van der Waals surface area contributed by atoms with Gasteiger partial charge in [-0.05, 0) is 117 Å². The second kappa shape index (κ2) is 7.95. The number of hydrogen-bond donors (Lipinski definition) is 3. The third kappa shape index (κ3) is 3.26. The average Bonchev–Trinajstić information content (AvgIpc) is 3.05. The van der Waals surface area contributed by atoms with Gasteiger partial charge in [-0.3, -0.25) is 0 Å². The Morgan fingerprint density at radius 1 is 1.03 bits per heavy atom. The minimum Gasteiger partial charge on any atom is -0.396 e. The van der Waals surface area contributed by atoms with Gasteiger partial charge in [0.05, 0.1) is 12.2 Å². The summed E-state index contributed by atoms with van der Waals surface area (Å²) in [5, 5.41) is 31.3. The van der Waals surface area contributed by atoms with Crippen molar-refractivity contribution in [1.82, 2.24) is 0 Å². The van der Waals surface area contributed by atoms with E-state index in [9.17, 15) is 15.3 Å². The molecule has 4 rings (SSSR count). The molecule has 0 aromatic heterocycles. The van der Waals surface area contributed by atoms with Crippen LogP contribution >= 0.6 is 0 Å². The number of aliphatic hydroxyl groups is 3. The van der Waals surface area contributed by atoms with E-state index >= 15 is 0 Å². The quantitative estimate of drug-likeness (QED) is 0.582. The molecular weight excluding hydrogens is 360 g/mol. The van der Waals surface area contributed by atoms with Crippen molar-refractivity contribution in [2.45, 2.75) is 97.7 Å². The standard InChI is InChI=1S/C26H44O3/c1-5-18-22-15-17(28)10-12-26(22,4)21-11-13-25(3)19(16(2)7-6-14-27)8-9-20(25)23(21)24(18)29/h5,16-17,19-24,27-29H,6-15H2,1-4H3. The van der Waals surface area contributed by atoms with Crippen molar-refractivity contribution in [2.75, 3.05) is 6.61 Å². The molecule has 0 bridgehead atoms. The topological polar surface area (TPSA) is 60.7 Å². The number of hydrogen-bond acceptors (Lipinski definition) is 3. The van der Waals surface area contributed by atoms with Crippen molar-refractivity contribution < 1.29 is 15.3 Å². The Hall–Kier alpha value is -0.380. The maximum absolute atomic E-state index is 11.6. The van der Waals surface area contributed by atoms with Crippen molar-refractivity contribution in [2.24, 2.45) is 46.3 Å². The van der Waals surface area contributed by atoms with Crippen LogP contribution in [0.15, 0.2) is 11.6 Å².